The van der Waals surface area contributed by atoms with Crippen LogP contribution in [0, 0.1) is 11.3 Å². The molecule has 0 radical (unpaired) electrons. The summed E-state index contributed by atoms with van der Waals surface area (Å²) >= 11 is 15.5. The van der Waals surface area contributed by atoms with Crippen molar-refractivity contribution in [2.75, 3.05) is 5.32 Å². The summed E-state index contributed by atoms with van der Waals surface area (Å²) in [5.41, 5.74) is 2.90. The Hall–Kier alpha value is -3.76. The van der Waals surface area contributed by atoms with E-state index in [4.69, 9.17) is 32.7 Å². The number of benzene rings is 4. The van der Waals surface area contributed by atoms with Gasteiger partial charge in [-0.25, -0.2) is 0 Å². The third kappa shape index (κ3) is 7.87. The van der Waals surface area contributed by atoms with E-state index < -0.39 is 5.91 Å². The van der Waals surface area contributed by atoms with Crippen LogP contribution in [0.2, 0.25) is 10.0 Å². The minimum atomic E-state index is -0.554. The summed E-state index contributed by atoms with van der Waals surface area (Å²) in [7, 11) is 0. The summed E-state index contributed by atoms with van der Waals surface area (Å²) in [6, 6.07) is 29.0. The van der Waals surface area contributed by atoms with Gasteiger partial charge in [-0.15, -0.1) is 0 Å². The molecule has 8 heteroatoms. The molecule has 0 fully saturated rings. The Kier molecular flexibility index (Phi) is 9.45. The maximum absolute atomic E-state index is 12.9. The number of carbonyl (C=O) groups is 1. The molecule has 1 amide bonds. The van der Waals surface area contributed by atoms with E-state index in [1.807, 2.05) is 42.5 Å². The number of amides is 1. The Labute approximate surface area is 239 Å². The normalized spacial score (nSPS) is 10.9. The van der Waals surface area contributed by atoms with Crippen LogP contribution in [0.15, 0.2) is 101 Å². The second kappa shape index (κ2) is 13.2. The molecule has 0 spiro atoms. The second-order valence-corrected chi connectivity index (χ2v) is 9.95. The number of halogens is 3. The Balaban J connectivity index is 1.41. The first-order valence-corrected chi connectivity index (χ1v) is 13.0. The Morgan fingerprint density at radius 3 is 2.11 bits per heavy atom. The van der Waals surface area contributed by atoms with Crippen LogP contribution in [0.1, 0.15) is 16.7 Å². The number of anilines is 1. The fourth-order valence-electron chi connectivity index (χ4n) is 3.39. The zero-order chi connectivity index (χ0) is 26.9. The summed E-state index contributed by atoms with van der Waals surface area (Å²) in [6.45, 7) is 0.701. The van der Waals surface area contributed by atoms with Crippen molar-refractivity contribution in [2.45, 2.75) is 13.2 Å². The van der Waals surface area contributed by atoms with E-state index in [9.17, 15) is 10.1 Å². The van der Waals surface area contributed by atoms with E-state index in [2.05, 4.69) is 21.2 Å². The van der Waals surface area contributed by atoms with E-state index in [1.54, 1.807) is 54.6 Å². The van der Waals surface area contributed by atoms with Crippen LogP contribution < -0.4 is 14.8 Å². The van der Waals surface area contributed by atoms with E-state index in [1.165, 1.54) is 6.08 Å². The third-order valence-electron chi connectivity index (χ3n) is 5.38. The van der Waals surface area contributed by atoms with E-state index >= 15 is 0 Å². The van der Waals surface area contributed by atoms with Crippen molar-refractivity contribution in [3.8, 4) is 17.6 Å². The summed E-state index contributed by atoms with van der Waals surface area (Å²) in [5.74, 6) is 0.585. The molecule has 38 heavy (non-hydrogen) atoms. The Bertz CT molecular complexity index is 1480. The van der Waals surface area contributed by atoms with Crippen LogP contribution in [-0.2, 0) is 18.0 Å². The highest BCUT2D eigenvalue weighted by molar-refractivity contribution is 9.10. The maximum Gasteiger partial charge on any atom is 0.266 e. The lowest BCUT2D eigenvalue weighted by Gasteiger charge is -2.11. The molecule has 0 heterocycles. The van der Waals surface area contributed by atoms with Crippen molar-refractivity contribution in [1.29, 1.82) is 5.26 Å². The predicted molar refractivity (Wildman–Crippen MR) is 154 cm³/mol. The van der Waals surface area contributed by atoms with Gasteiger partial charge in [-0.05, 0) is 83.9 Å². The highest BCUT2D eigenvalue weighted by Crippen LogP contribution is 2.27. The fourth-order valence-corrected chi connectivity index (χ4v) is 3.96. The fraction of sp³-hybridized carbons (Fsp3) is 0.0667. The second-order valence-electron chi connectivity index (χ2n) is 8.16. The predicted octanol–water partition coefficient (Wildman–Crippen LogP) is 8.46. The molecular weight excluding hydrogens is 587 g/mol. The molecule has 0 atom stereocenters. The third-order valence-corrected chi connectivity index (χ3v) is 6.39. The van der Waals surface area contributed by atoms with Gasteiger partial charge in [-0.3, -0.25) is 4.79 Å². The van der Waals surface area contributed by atoms with Crippen LogP contribution in [0.25, 0.3) is 6.08 Å². The average molecular weight is 608 g/mol. The average Bonchev–Trinajstić information content (AvgIpc) is 2.92. The van der Waals surface area contributed by atoms with E-state index in [-0.39, 0.29) is 5.57 Å². The molecule has 190 valence electrons. The van der Waals surface area contributed by atoms with Crippen molar-refractivity contribution in [3.63, 3.8) is 0 Å². The quantitative estimate of drug-likeness (QED) is 0.153. The molecule has 0 aliphatic rings. The molecule has 0 saturated carbocycles. The van der Waals surface area contributed by atoms with Crippen molar-refractivity contribution in [1.82, 2.24) is 0 Å². The van der Waals surface area contributed by atoms with Gasteiger partial charge in [0.1, 0.15) is 36.4 Å². The van der Waals surface area contributed by atoms with Crippen molar-refractivity contribution in [3.05, 3.63) is 128 Å². The molecule has 4 aromatic rings. The SMILES string of the molecule is N#C/C(=C\c1cc(Cl)ccc1OCc1ccc(Br)cc1)C(=O)Nc1ccc(OCc2ccc(Cl)cc2)cc1. The number of nitriles is 1. The summed E-state index contributed by atoms with van der Waals surface area (Å²) in [4.78, 5) is 12.9. The summed E-state index contributed by atoms with van der Waals surface area (Å²) < 4.78 is 12.7. The van der Waals surface area contributed by atoms with Crippen molar-refractivity contribution < 1.29 is 14.3 Å². The Morgan fingerprint density at radius 1 is 0.842 bits per heavy atom. The molecule has 0 unspecified atom stereocenters. The van der Waals surface area contributed by atoms with Crippen LogP contribution in [0.3, 0.4) is 0 Å². The highest BCUT2D eigenvalue weighted by atomic mass is 79.9. The van der Waals surface area contributed by atoms with Gasteiger partial charge in [0.2, 0.25) is 0 Å². The number of hydrogen-bond donors (Lipinski definition) is 1. The topological polar surface area (TPSA) is 71.3 Å². The number of nitrogens with zero attached hydrogens (tertiary/aromatic N) is 1. The molecule has 1 N–H and O–H groups in total. The molecule has 0 aliphatic carbocycles. The number of ether oxygens (including phenoxy) is 2. The smallest absolute Gasteiger partial charge is 0.266 e. The molecule has 0 saturated heterocycles. The van der Waals surface area contributed by atoms with Crippen LogP contribution >= 0.6 is 39.1 Å². The Morgan fingerprint density at radius 2 is 1.45 bits per heavy atom. The molecule has 4 rings (SSSR count). The van der Waals surface area contributed by atoms with E-state index in [0.29, 0.717) is 46.0 Å². The zero-order valence-electron chi connectivity index (χ0n) is 20.0. The number of carbonyl (C=O) groups excluding carboxylic acids is 1. The van der Waals surface area contributed by atoms with Gasteiger partial charge in [0.25, 0.3) is 5.91 Å². The van der Waals surface area contributed by atoms with Gasteiger partial charge < -0.3 is 14.8 Å². The van der Waals surface area contributed by atoms with Gasteiger partial charge in [-0.1, -0.05) is 63.4 Å². The standard InChI is InChI=1S/C30H21BrCl2N2O3/c31-24-5-1-20(2-6-24)19-38-29-14-9-26(33)16-22(29)15-23(17-34)30(36)35-27-10-12-28(13-11-27)37-18-21-3-7-25(32)8-4-21/h1-16H,18-19H2,(H,35,36)/b23-15+. The lowest BCUT2D eigenvalue weighted by atomic mass is 10.1. The highest BCUT2D eigenvalue weighted by Gasteiger charge is 2.13. The first-order valence-electron chi connectivity index (χ1n) is 11.5. The molecule has 5 nitrogen and oxygen atoms in total. The van der Waals surface area contributed by atoms with E-state index in [0.717, 1.165) is 15.6 Å². The zero-order valence-corrected chi connectivity index (χ0v) is 23.1. The summed E-state index contributed by atoms with van der Waals surface area (Å²) in [5, 5.41) is 13.5. The lowest BCUT2D eigenvalue weighted by molar-refractivity contribution is -0.112. The lowest BCUT2D eigenvalue weighted by Crippen LogP contribution is -2.13. The molecule has 0 aliphatic heterocycles. The summed E-state index contributed by atoms with van der Waals surface area (Å²) in [6.07, 6.45) is 1.46. The van der Waals surface area contributed by atoms with Crippen molar-refractivity contribution >= 4 is 56.8 Å². The van der Waals surface area contributed by atoms with Crippen LogP contribution in [-0.4, -0.2) is 5.91 Å². The molecule has 0 aromatic heterocycles. The van der Waals surface area contributed by atoms with Gasteiger partial charge in [0, 0.05) is 25.8 Å². The van der Waals surface area contributed by atoms with Gasteiger partial charge in [-0.2, -0.15) is 5.26 Å². The van der Waals surface area contributed by atoms with Gasteiger partial charge in [0.05, 0.1) is 0 Å². The number of rotatable bonds is 9. The number of nitrogens with one attached hydrogen (secondary N) is 1. The van der Waals surface area contributed by atoms with Crippen LogP contribution in [0.5, 0.6) is 11.5 Å². The molecular formula is C30H21BrCl2N2O3. The first kappa shape index (κ1) is 27.3. The van der Waals surface area contributed by atoms with Gasteiger partial charge in [0.15, 0.2) is 0 Å². The first-order chi connectivity index (χ1) is 18.4. The van der Waals surface area contributed by atoms with Gasteiger partial charge >= 0.3 is 0 Å². The maximum atomic E-state index is 12.9. The minimum absolute atomic E-state index is 0.0937. The van der Waals surface area contributed by atoms with Crippen LogP contribution in [0.4, 0.5) is 5.69 Å². The number of hydrogen-bond acceptors (Lipinski definition) is 4. The van der Waals surface area contributed by atoms with Crippen molar-refractivity contribution in [2.24, 2.45) is 0 Å². The minimum Gasteiger partial charge on any atom is -0.489 e. The molecule has 0 bridgehead atoms. The molecule has 4 aromatic carbocycles. The monoisotopic (exact) mass is 606 g/mol. The largest absolute Gasteiger partial charge is 0.489 e.